The molecule has 0 aromatic heterocycles. The average Bonchev–Trinajstić information content (AvgIpc) is 2.53. The summed E-state index contributed by atoms with van der Waals surface area (Å²) < 4.78 is 6.27. The quantitative estimate of drug-likeness (QED) is 0.370. The molecule has 2 aromatic carbocycles. The van der Waals surface area contributed by atoms with Crippen LogP contribution in [0.25, 0.3) is 0 Å². The van der Waals surface area contributed by atoms with Crippen LogP contribution in [0, 0.1) is 10.1 Å². The fourth-order valence-corrected chi connectivity index (χ4v) is 1.89. The molecular formula is C15H12BrN3O4. The average molecular weight is 378 g/mol. The van der Waals surface area contributed by atoms with Crippen molar-refractivity contribution in [2.24, 2.45) is 5.10 Å². The van der Waals surface area contributed by atoms with Crippen molar-refractivity contribution in [3.8, 4) is 5.75 Å². The van der Waals surface area contributed by atoms with E-state index in [1.807, 2.05) is 0 Å². The highest BCUT2D eigenvalue weighted by molar-refractivity contribution is 9.10. The zero-order valence-electron chi connectivity index (χ0n) is 12.0. The number of ether oxygens (including phenoxy) is 1. The van der Waals surface area contributed by atoms with E-state index in [9.17, 15) is 14.9 Å². The lowest BCUT2D eigenvalue weighted by molar-refractivity contribution is -0.384. The zero-order chi connectivity index (χ0) is 16.8. The van der Waals surface area contributed by atoms with E-state index in [-0.39, 0.29) is 17.3 Å². The van der Waals surface area contributed by atoms with Crippen LogP contribution in [0.15, 0.2) is 58.1 Å². The van der Waals surface area contributed by atoms with Crippen molar-refractivity contribution < 1.29 is 14.5 Å². The van der Waals surface area contributed by atoms with Crippen molar-refractivity contribution in [1.29, 1.82) is 0 Å². The fraction of sp³-hybridized carbons (Fsp3) is 0.0667. The van der Waals surface area contributed by atoms with Gasteiger partial charge in [0.15, 0.2) is 0 Å². The molecule has 0 unspecified atom stereocenters. The van der Waals surface area contributed by atoms with Crippen LogP contribution < -0.4 is 10.2 Å². The summed E-state index contributed by atoms with van der Waals surface area (Å²) >= 11 is 3.29. The Kier molecular flexibility index (Phi) is 5.42. The molecule has 0 spiro atoms. The third-order valence-corrected chi connectivity index (χ3v) is 3.24. The molecule has 0 bridgehead atoms. The molecule has 0 aliphatic rings. The van der Waals surface area contributed by atoms with Crippen molar-refractivity contribution in [1.82, 2.24) is 0 Å². The van der Waals surface area contributed by atoms with Gasteiger partial charge in [0.05, 0.1) is 4.92 Å². The zero-order valence-corrected chi connectivity index (χ0v) is 13.6. The first-order valence-corrected chi connectivity index (χ1v) is 7.28. The predicted molar refractivity (Wildman–Crippen MR) is 89.6 cm³/mol. The Hall–Kier alpha value is -2.74. The van der Waals surface area contributed by atoms with Crippen molar-refractivity contribution in [2.75, 3.05) is 5.43 Å². The first kappa shape index (κ1) is 16.6. The Labute approximate surface area is 140 Å². The normalized spacial score (nSPS) is 11.0. The molecule has 0 aliphatic carbocycles. The van der Waals surface area contributed by atoms with Crippen LogP contribution in [0.5, 0.6) is 5.75 Å². The number of rotatable bonds is 5. The molecule has 118 valence electrons. The number of nitro groups is 1. The van der Waals surface area contributed by atoms with Crippen LogP contribution in [0.2, 0.25) is 0 Å². The number of hydrogen-bond acceptors (Lipinski definition) is 6. The SMILES string of the molecule is CC(=O)/C(=N\Nc1ccccc1[N+](=O)[O-])Oc1ccc(Br)cc1. The highest BCUT2D eigenvalue weighted by atomic mass is 79.9. The number of hydrazone groups is 1. The lowest BCUT2D eigenvalue weighted by atomic mass is 10.3. The second-order valence-electron chi connectivity index (χ2n) is 4.42. The second-order valence-corrected chi connectivity index (χ2v) is 5.33. The van der Waals surface area contributed by atoms with E-state index in [4.69, 9.17) is 4.74 Å². The van der Waals surface area contributed by atoms with Gasteiger partial charge in [-0.2, -0.15) is 0 Å². The van der Waals surface area contributed by atoms with Crippen LogP contribution in [0.3, 0.4) is 0 Å². The molecule has 0 radical (unpaired) electrons. The van der Waals surface area contributed by atoms with Crippen LogP contribution in [-0.2, 0) is 4.79 Å². The number of anilines is 1. The maximum atomic E-state index is 11.6. The predicted octanol–water partition coefficient (Wildman–Crippen LogP) is 3.75. The van der Waals surface area contributed by atoms with Crippen LogP contribution in [0.4, 0.5) is 11.4 Å². The number of nitro benzene ring substituents is 1. The van der Waals surface area contributed by atoms with Crippen LogP contribution in [0.1, 0.15) is 6.92 Å². The number of carbonyl (C=O) groups is 1. The standard InChI is InChI=1S/C15H12BrN3O4/c1-10(20)15(23-12-8-6-11(16)7-9-12)18-17-13-4-2-3-5-14(13)19(21)22/h2-9,17H,1H3/b18-15+. The van der Waals surface area contributed by atoms with Crippen molar-refractivity contribution in [2.45, 2.75) is 6.92 Å². The number of hydrogen-bond donors (Lipinski definition) is 1. The number of nitrogens with zero attached hydrogens (tertiary/aromatic N) is 2. The number of carbonyl (C=O) groups excluding carboxylic acids is 1. The Morgan fingerprint density at radius 2 is 1.87 bits per heavy atom. The van der Waals surface area contributed by atoms with Crippen LogP contribution >= 0.6 is 15.9 Å². The largest absolute Gasteiger partial charge is 0.435 e. The molecule has 8 heteroatoms. The number of benzene rings is 2. The Morgan fingerprint density at radius 3 is 2.48 bits per heavy atom. The summed E-state index contributed by atoms with van der Waals surface area (Å²) in [6, 6.07) is 12.8. The first-order chi connectivity index (χ1) is 11.0. The summed E-state index contributed by atoms with van der Waals surface area (Å²) in [6.07, 6.45) is 0. The van der Waals surface area contributed by atoms with Gasteiger partial charge in [-0.1, -0.05) is 28.1 Å². The van der Waals surface area contributed by atoms with E-state index >= 15 is 0 Å². The molecule has 0 saturated heterocycles. The van der Waals surface area contributed by atoms with Gasteiger partial charge in [0.1, 0.15) is 11.4 Å². The van der Waals surface area contributed by atoms with Crippen molar-refractivity contribution in [3.05, 3.63) is 63.1 Å². The van der Waals surface area contributed by atoms with E-state index < -0.39 is 10.7 Å². The number of halogens is 1. The number of para-hydroxylation sites is 2. The minimum Gasteiger partial charge on any atom is -0.435 e. The molecular weight excluding hydrogens is 366 g/mol. The summed E-state index contributed by atoms with van der Waals surface area (Å²) in [5, 5.41) is 14.8. The van der Waals surface area contributed by atoms with Gasteiger partial charge in [-0.3, -0.25) is 20.3 Å². The maximum Gasteiger partial charge on any atom is 0.294 e. The van der Waals surface area contributed by atoms with Crippen molar-refractivity contribution >= 4 is 39.0 Å². The smallest absolute Gasteiger partial charge is 0.294 e. The number of Topliss-reactive ketones (excluding diaryl/α,β-unsaturated/α-hetero) is 1. The highest BCUT2D eigenvalue weighted by Gasteiger charge is 2.14. The minimum atomic E-state index is -0.541. The molecule has 0 atom stereocenters. The number of nitrogens with one attached hydrogen (secondary N) is 1. The van der Waals surface area contributed by atoms with E-state index in [2.05, 4.69) is 26.5 Å². The number of ketones is 1. The summed E-state index contributed by atoms with van der Waals surface area (Å²) in [4.78, 5) is 22.0. The molecule has 0 heterocycles. The monoisotopic (exact) mass is 377 g/mol. The van der Waals surface area contributed by atoms with Gasteiger partial charge in [-0.15, -0.1) is 5.10 Å². The lowest BCUT2D eigenvalue weighted by Crippen LogP contribution is -2.19. The summed E-state index contributed by atoms with van der Waals surface area (Å²) in [5.74, 6) is -0.198. The van der Waals surface area contributed by atoms with E-state index in [0.29, 0.717) is 5.75 Å². The van der Waals surface area contributed by atoms with Crippen LogP contribution in [-0.4, -0.2) is 16.6 Å². The Balaban J connectivity index is 2.21. The Morgan fingerprint density at radius 1 is 1.22 bits per heavy atom. The van der Waals surface area contributed by atoms with Gasteiger partial charge in [0.2, 0.25) is 5.78 Å². The van der Waals surface area contributed by atoms with Gasteiger partial charge < -0.3 is 4.74 Å². The molecule has 2 rings (SSSR count). The molecule has 7 nitrogen and oxygen atoms in total. The highest BCUT2D eigenvalue weighted by Crippen LogP contribution is 2.23. The topological polar surface area (TPSA) is 93.8 Å². The van der Waals surface area contributed by atoms with Gasteiger partial charge in [-0.25, -0.2) is 0 Å². The second kappa shape index (κ2) is 7.50. The fourth-order valence-electron chi connectivity index (χ4n) is 1.63. The lowest BCUT2D eigenvalue weighted by Gasteiger charge is -2.07. The minimum absolute atomic E-state index is 0.150. The molecule has 0 aliphatic heterocycles. The summed E-state index contributed by atoms with van der Waals surface area (Å²) in [6.45, 7) is 1.29. The molecule has 23 heavy (non-hydrogen) atoms. The molecule has 0 saturated carbocycles. The molecule has 2 aromatic rings. The van der Waals surface area contributed by atoms with Crippen molar-refractivity contribution in [3.63, 3.8) is 0 Å². The molecule has 0 fully saturated rings. The third-order valence-electron chi connectivity index (χ3n) is 2.71. The third kappa shape index (κ3) is 4.62. The van der Waals surface area contributed by atoms with E-state index in [1.54, 1.807) is 30.3 Å². The maximum absolute atomic E-state index is 11.6. The molecule has 1 N–H and O–H groups in total. The van der Waals surface area contributed by atoms with Gasteiger partial charge in [0, 0.05) is 17.5 Å². The Bertz CT molecular complexity index is 760. The van der Waals surface area contributed by atoms with E-state index in [1.165, 1.54) is 25.1 Å². The van der Waals surface area contributed by atoms with Gasteiger partial charge >= 0.3 is 0 Å². The summed E-state index contributed by atoms with van der Waals surface area (Å²) in [5.41, 5.74) is 2.51. The van der Waals surface area contributed by atoms with E-state index in [0.717, 1.165) is 4.47 Å². The van der Waals surface area contributed by atoms with Gasteiger partial charge in [0.25, 0.3) is 11.6 Å². The van der Waals surface area contributed by atoms with Gasteiger partial charge in [-0.05, 0) is 30.3 Å². The molecule has 0 amide bonds. The first-order valence-electron chi connectivity index (χ1n) is 6.49. The summed E-state index contributed by atoms with van der Waals surface area (Å²) in [7, 11) is 0.